The highest BCUT2D eigenvalue weighted by molar-refractivity contribution is 6.04. The normalized spacial score (nSPS) is 10.6. The predicted octanol–water partition coefficient (Wildman–Crippen LogP) is 3.03. The van der Waals surface area contributed by atoms with Crippen LogP contribution in [0.3, 0.4) is 0 Å². The van der Waals surface area contributed by atoms with E-state index in [2.05, 4.69) is 20.8 Å². The molecule has 1 aromatic heterocycles. The SMILES string of the molecule is O=C(NN=Cc1ccc[nH]1)c1ccc(NC(=O)c2ccccc2)cc1. The van der Waals surface area contributed by atoms with Crippen molar-refractivity contribution in [1.29, 1.82) is 0 Å². The molecule has 0 saturated heterocycles. The molecule has 3 rings (SSSR count). The van der Waals surface area contributed by atoms with Crippen molar-refractivity contribution in [3.05, 3.63) is 89.7 Å². The van der Waals surface area contributed by atoms with Crippen LogP contribution in [0.15, 0.2) is 78.0 Å². The molecular weight excluding hydrogens is 316 g/mol. The number of hydrogen-bond donors (Lipinski definition) is 3. The van der Waals surface area contributed by atoms with Crippen molar-refractivity contribution in [3.8, 4) is 0 Å². The monoisotopic (exact) mass is 332 g/mol. The molecule has 6 nitrogen and oxygen atoms in total. The molecule has 0 fully saturated rings. The van der Waals surface area contributed by atoms with E-state index in [-0.39, 0.29) is 11.8 Å². The van der Waals surface area contributed by atoms with E-state index in [4.69, 9.17) is 0 Å². The van der Waals surface area contributed by atoms with Crippen molar-refractivity contribution in [2.45, 2.75) is 0 Å². The van der Waals surface area contributed by atoms with Gasteiger partial charge in [-0.1, -0.05) is 18.2 Å². The molecule has 0 atom stereocenters. The number of nitrogens with one attached hydrogen (secondary N) is 3. The first kappa shape index (κ1) is 16.2. The van der Waals surface area contributed by atoms with Gasteiger partial charge in [-0.05, 0) is 48.5 Å². The molecule has 2 aromatic carbocycles. The largest absolute Gasteiger partial charge is 0.360 e. The minimum atomic E-state index is -0.330. The summed E-state index contributed by atoms with van der Waals surface area (Å²) in [6.07, 6.45) is 3.29. The number of aromatic nitrogens is 1. The Morgan fingerprint density at radius 2 is 1.56 bits per heavy atom. The van der Waals surface area contributed by atoms with Crippen LogP contribution in [0.25, 0.3) is 0 Å². The third-order valence-corrected chi connectivity index (χ3v) is 3.43. The molecule has 0 saturated carbocycles. The van der Waals surface area contributed by atoms with E-state index >= 15 is 0 Å². The number of aromatic amines is 1. The van der Waals surface area contributed by atoms with Crippen LogP contribution in [-0.2, 0) is 0 Å². The second-order valence-electron chi connectivity index (χ2n) is 5.22. The van der Waals surface area contributed by atoms with Gasteiger partial charge in [-0.2, -0.15) is 5.10 Å². The fraction of sp³-hybridized carbons (Fsp3) is 0. The number of anilines is 1. The van der Waals surface area contributed by atoms with Crippen LogP contribution in [0.1, 0.15) is 26.4 Å². The zero-order valence-corrected chi connectivity index (χ0v) is 13.3. The van der Waals surface area contributed by atoms with Crippen LogP contribution in [0.5, 0.6) is 0 Å². The van der Waals surface area contributed by atoms with Gasteiger partial charge < -0.3 is 10.3 Å². The number of amides is 2. The van der Waals surface area contributed by atoms with Gasteiger partial charge in [0.2, 0.25) is 0 Å². The molecule has 3 aromatic rings. The molecular formula is C19H16N4O2. The van der Waals surface area contributed by atoms with Crippen LogP contribution < -0.4 is 10.7 Å². The standard InChI is InChI=1S/C19H16N4O2/c24-18(14-5-2-1-3-6-14)22-16-10-8-15(9-11-16)19(25)23-21-13-17-7-4-12-20-17/h1-13,20H,(H,22,24)(H,23,25). The maximum Gasteiger partial charge on any atom is 0.271 e. The molecule has 0 aliphatic rings. The van der Waals surface area contributed by atoms with Crippen LogP contribution in [0.4, 0.5) is 5.69 Å². The number of carbonyl (C=O) groups is 2. The predicted molar refractivity (Wildman–Crippen MR) is 96.7 cm³/mol. The lowest BCUT2D eigenvalue weighted by molar-refractivity contribution is 0.0954. The third kappa shape index (κ3) is 4.42. The summed E-state index contributed by atoms with van der Waals surface area (Å²) in [5, 5.41) is 6.66. The minimum absolute atomic E-state index is 0.201. The van der Waals surface area contributed by atoms with Crippen LogP contribution in [0.2, 0.25) is 0 Å². The summed E-state index contributed by atoms with van der Waals surface area (Å²) >= 11 is 0. The highest BCUT2D eigenvalue weighted by atomic mass is 16.2. The Bertz CT molecular complexity index is 870. The van der Waals surface area contributed by atoms with Gasteiger partial charge in [0.15, 0.2) is 0 Å². The summed E-state index contributed by atoms with van der Waals surface area (Å²) < 4.78 is 0. The second kappa shape index (κ2) is 7.74. The Morgan fingerprint density at radius 3 is 2.24 bits per heavy atom. The maximum atomic E-state index is 12.1. The summed E-state index contributed by atoms with van der Waals surface area (Å²) in [5.41, 5.74) is 4.87. The van der Waals surface area contributed by atoms with Crippen molar-refractivity contribution in [2.24, 2.45) is 5.10 Å². The zero-order valence-electron chi connectivity index (χ0n) is 13.3. The first-order valence-corrected chi connectivity index (χ1v) is 7.65. The lowest BCUT2D eigenvalue weighted by Crippen LogP contribution is -2.17. The molecule has 0 unspecified atom stereocenters. The van der Waals surface area contributed by atoms with E-state index in [0.29, 0.717) is 16.8 Å². The zero-order chi connectivity index (χ0) is 17.5. The first-order valence-electron chi connectivity index (χ1n) is 7.65. The molecule has 1 heterocycles. The lowest BCUT2D eigenvalue weighted by Gasteiger charge is -2.06. The van der Waals surface area contributed by atoms with Crippen molar-refractivity contribution < 1.29 is 9.59 Å². The third-order valence-electron chi connectivity index (χ3n) is 3.43. The average molecular weight is 332 g/mol. The Kier molecular flexibility index (Phi) is 5.01. The number of nitrogens with zero attached hydrogens (tertiary/aromatic N) is 1. The Hall–Kier alpha value is -3.67. The number of benzene rings is 2. The van der Waals surface area contributed by atoms with E-state index in [1.807, 2.05) is 18.2 Å². The highest BCUT2D eigenvalue weighted by Gasteiger charge is 2.07. The molecule has 3 N–H and O–H groups in total. The van der Waals surface area contributed by atoms with Gasteiger partial charge in [-0.3, -0.25) is 9.59 Å². The van der Waals surface area contributed by atoms with Gasteiger partial charge in [-0.25, -0.2) is 5.43 Å². The molecule has 124 valence electrons. The number of hydrogen-bond acceptors (Lipinski definition) is 3. The van der Waals surface area contributed by atoms with Gasteiger partial charge in [0.1, 0.15) is 0 Å². The summed E-state index contributed by atoms with van der Waals surface area (Å²) in [6, 6.07) is 19.2. The average Bonchev–Trinajstić information content (AvgIpc) is 3.16. The lowest BCUT2D eigenvalue weighted by atomic mass is 10.2. The van der Waals surface area contributed by atoms with Crippen LogP contribution in [0, 0.1) is 0 Å². The van der Waals surface area contributed by atoms with E-state index in [1.54, 1.807) is 54.7 Å². The van der Waals surface area contributed by atoms with E-state index in [9.17, 15) is 9.59 Å². The van der Waals surface area contributed by atoms with E-state index in [0.717, 1.165) is 5.69 Å². The van der Waals surface area contributed by atoms with Gasteiger partial charge in [0, 0.05) is 23.0 Å². The summed E-state index contributed by atoms with van der Waals surface area (Å²) in [7, 11) is 0. The Labute approximate surface area is 144 Å². The van der Waals surface area contributed by atoms with Crippen molar-refractivity contribution in [1.82, 2.24) is 10.4 Å². The van der Waals surface area contributed by atoms with Gasteiger partial charge in [-0.15, -0.1) is 0 Å². The topological polar surface area (TPSA) is 86.3 Å². The number of H-pyrrole nitrogens is 1. The maximum absolute atomic E-state index is 12.1. The smallest absolute Gasteiger partial charge is 0.271 e. The summed E-state index contributed by atoms with van der Waals surface area (Å²) in [4.78, 5) is 27.0. The quantitative estimate of drug-likeness (QED) is 0.495. The Morgan fingerprint density at radius 1 is 0.840 bits per heavy atom. The molecule has 0 radical (unpaired) electrons. The van der Waals surface area contributed by atoms with Crippen LogP contribution in [-0.4, -0.2) is 23.0 Å². The Balaban J connectivity index is 1.58. The van der Waals surface area contributed by atoms with Crippen molar-refractivity contribution in [2.75, 3.05) is 5.32 Å². The fourth-order valence-electron chi connectivity index (χ4n) is 2.15. The second-order valence-corrected chi connectivity index (χ2v) is 5.22. The molecule has 0 bridgehead atoms. The highest BCUT2D eigenvalue weighted by Crippen LogP contribution is 2.11. The molecule has 2 amide bonds. The van der Waals surface area contributed by atoms with E-state index in [1.165, 1.54) is 6.21 Å². The van der Waals surface area contributed by atoms with Crippen molar-refractivity contribution >= 4 is 23.7 Å². The first-order chi connectivity index (χ1) is 12.2. The molecule has 0 aliphatic heterocycles. The van der Waals surface area contributed by atoms with Gasteiger partial charge >= 0.3 is 0 Å². The fourth-order valence-corrected chi connectivity index (χ4v) is 2.15. The van der Waals surface area contributed by atoms with E-state index < -0.39 is 0 Å². The molecule has 25 heavy (non-hydrogen) atoms. The number of rotatable bonds is 5. The molecule has 0 spiro atoms. The minimum Gasteiger partial charge on any atom is -0.360 e. The van der Waals surface area contributed by atoms with Crippen molar-refractivity contribution in [3.63, 3.8) is 0 Å². The number of carbonyl (C=O) groups excluding carboxylic acids is 2. The van der Waals surface area contributed by atoms with Crippen LogP contribution >= 0.6 is 0 Å². The molecule has 0 aliphatic carbocycles. The molecule has 6 heteroatoms. The summed E-state index contributed by atoms with van der Waals surface area (Å²) in [6.45, 7) is 0. The van der Waals surface area contributed by atoms with Gasteiger partial charge in [0.25, 0.3) is 11.8 Å². The summed E-state index contributed by atoms with van der Waals surface area (Å²) in [5.74, 6) is -0.530. The number of hydrazone groups is 1. The van der Waals surface area contributed by atoms with Gasteiger partial charge in [0.05, 0.1) is 11.9 Å².